The van der Waals surface area contributed by atoms with Gasteiger partial charge in [0, 0.05) is 116 Å². The molecule has 0 bridgehead atoms. The van der Waals surface area contributed by atoms with E-state index in [-0.39, 0.29) is 0 Å². The molecule has 11 nitrogen and oxygen atoms in total. The van der Waals surface area contributed by atoms with E-state index in [0.29, 0.717) is 0 Å². The van der Waals surface area contributed by atoms with Gasteiger partial charge in [0.15, 0.2) is 17.5 Å². The summed E-state index contributed by atoms with van der Waals surface area (Å²) >= 11 is 0. The molecule has 0 radical (unpaired) electrons. The maximum absolute atomic E-state index is 5.57. The second kappa shape index (κ2) is 33.6. The molecule has 0 aliphatic carbocycles. The smallest absolute Gasteiger partial charge is 0.160 e. The molecule has 19 aromatic carbocycles. The van der Waals surface area contributed by atoms with Crippen LogP contribution in [0.1, 0.15) is 0 Å². The van der Waals surface area contributed by atoms with Crippen LogP contribution in [-0.4, -0.2) is 77.0 Å². The van der Waals surface area contributed by atoms with Crippen LogP contribution in [0.4, 0.5) is 0 Å². The second-order valence-electron chi connectivity index (χ2n) is 40.3. The third-order valence-corrected chi connectivity index (χ3v) is 41.5. The van der Waals surface area contributed by atoms with E-state index in [2.05, 4.69) is 529 Å². The third-order valence-electron chi connectivity index (χ3n) is 31.0. The summed E-state index contributed by atoms with van der Waals surface area (Å²) in [4.78, 5) is 32.5. The molecule has 0 N–H and O–H groups in total. The molecule has 0 saturated carbocycles. The number of hydrogen-bond acceptors (Lipinski definition) is 6. The lowest BCUT2D eigenvalue weighted by Crippen LogP contribution is -2.50. The average Bonchev–Trinajstić information content (AvgIpc) is 1.58. The summed E-state index contributed by atoms with van der Waals surface area (Å²) in [5, 5.41) is 20.6. The van der Waals surface area contributed by atoms with Crippen LogP contribution in [0, 0.1) is 0 Å². The van der Waals surface area contributed by atoms with Gasteiger partial charge in [-0.2, -0.15) is 0 Å². The van der Waals surface area contributed by atoms with Gasteiger partial charge in [-0.25, -0.2) is 29.9 Å². The fourth-order valence-corrected chi connectivity index (χ4v) is 34.0. The van der Waals surface area contributed by atoms with E-state index >= 15 is 0 Å². The van der Waals surface area contributed by atoms with Crippen molar-refractivity contribution in [1.82, 2.24) is 52.7 Å². The molecule has 3 aliphatic rings. The number of rotatable bonds is 11. The minimum absolute atomic E-state index is 0.751. The Labute approximate surface area is 847 Å². The summed E-state index contributed by atoms with van der Waals surface area (Å²) < 4.78 is 11.8. The van der Waals surface area contributed by atoms with Crippen molar-refractivity contribution in [2.45, 2.75) is 39.3 Å². The number of fused-ring (bicyclic) bond motifs is 24. The lowest BCUT2D eigenvalue weighted by atomic mass is 10.0. The Kier molecular flexibility index (Phi) is 19.8. The first kappa shape index (κ1) is 86.0. The molecule has 0 fully saturated rings. The van der Waals surface area contributed by atoms with Gasteiger partial charge in [0.05, 0.1) is 89.3 Å². The molecular formula is C132H95N11Si3. The van der Waals surface area contributed by atoms with Gasteiger partial charge in [-0.1, -0.05) is 349 Å². The van der Waals surface area contributed by atoms with Crippen molar-refractivity contribution in [3.8, 4) is 130 Å². The highest BCUT2D eigenvalue weighted by atomic mass is 28.3. The highest BCUT2D eigenvalue weighted by Crippen LogP contribution is 2.45. The van der Waals surface area contributed by atoms with Gasteiger partial charge in [-0.15, -0.1) is 0 Å². The van der Waals surface area contributed by atoms with Crippen LogP contribution in [-0.2, 0) is 0 Å². The maximum atomic E-state index is 5.57. The van der Waals surface area contributed by atoms with Gasteiger partial charge in [0.1, 0.15) is 24.2 Å². The fraction of sp³-hybridized carbons (Fsp3) is 0.0455. The number of hydrogen-bond donors (Lipinski definition) is 0. The van der Waals surface area contributed by atoms with Crippen molar-refractivity contribution in [2.24, 2.45) is 0 Å². The number of benzene rings is 19. The molecular weight excluding hydrogens is 1820 g/mol. The van der Waals surface area contributed by atoms with Gasteiger partial charge in [-0.05, 0) is 206 Å². The molecule has 0 atom stereocenters. The van der Waals surface area contributed by atoms with Crippen LogP contribution in [0.25, 0.3) is 239 Å². The van der Waals surface area contributed by atoms with E-state index in [0.717, 1.165) is 113 Å². The molecule has 690 valence electrons. The summed E-state index contributed by atoms with van der Waals surface area (Å²) in [6, 6.07) is 168. The van der Waals surface area contributed by atoms with Crippen LogP contribution >= 0.6 is 0 Å². The molecule has 11 heterocycles. The number of aromatic nitrogens is 11. The zero-order valence-electron chi connectivity index (χ0n) is 81.4. The van der Waals surface area contributed by atoms with E-state index < -0.39 is 24.2 Å². The molecule has 146 heavy (non-hydrogen) atoms. The van der Waals surface area contributed by atoms with Gasteiger partial charge in [0.2, 0.25) is 0 Å². The largest absolute Gasteiger partial charge is 0.309 e. The highest BCUT2D eigenvalue weighted by Gasteiger charge is 2.45. The normalized spacial score (nSPS) is 13.3. The topological polar surface area (TPSA) is 102 Å². The summed E-state index contributed by atoms with van der Waals surface area (Å²) in [6.45, 7) is 14.6. The monoisotopic (exact) mass is 1920 g/mol. The molecule has 3 aliphatic heterocycles. The zero-order valence-corrected chi connectivity index (χ0v) is 84.4. The van der Waals surface area contributed by atoms with E-state index in [1.54, 1.807) is 0 Å². The molecule has 14 heteroatoms. The van der Waals surface area contributed by atoms with Gasteiger partial charge >= 0.3 is 0 Å². The van der Waals surface area contributed by atoms with E-state index in [4.69, 9.17) is 29.9 Å². The standard InChI is InChI=1S/2C48H34N4Si.C36H27N3Si/c1-53(2)44-26-13-9-22-38(44)46-47(53)45(31-15-14-18-34(29-31)52-40-23-10-6-19-35(40)36-20-7-11-24-41(36)52)49-48(50-46)32-27-28-43-39(30-32)37-21-8-12-25-42(37)51(43)33-16-4-3-5-17-33;1-53(2)44-23-13-9-19-38(44)46-47(53)45(31-24-27-34(28-25-31)52-40-20-10-6-16-35(40)36-17-7-11-21-41(36)52)49-48(50-46)32-26-29-43-39(30-32)37-18-8-12-22-42(37)51(43)33-14-4-3-5-15-33;1-40(2)32-19-11-8-16-29(32)34-35(40)33(24-12-4-3-5-13-24)37-36(38-34)25-20-22-26(23-21-25)39-30-17-9-6-14-27(30)28-15-7-10-18-31(28)39/h2*3-30H,1-2H3;3-23H,1-2H3. The SMILES string of the molecule is C[Si]1(C)c2ccccc2-c2nc(-c3ccc(-n4c5ccccc5c5ccccc54)cc3)nc(-c3ccccc3)c21.C[Si]1(C)c2ccccc2-c2nc(-c3ccc4c(c3)c3ccccc3n4-c3ccccc3)nc(-c3ccc(-n4c5ccccc5c5ccccc54)cc3)c21.C[Si]1(C)c2ccccc2-c2nc(-c3ccc4c(c3)c3ccccc3n4-c3ccccc3)nc(-c3cccc(-n4c5ccccc5c5ccccc54)c3)c21. The quantitative estimate of drug-likeness (QED) is 0.120. The number of nitrogens with zero attached hydrogens (tertiary/aromatic N) is 11. The Morgan fingerprint density at radius 3 is 0.705 bits per heavy atom. The molecule has 0 unspecified atom stereocenters. The molecule has 8 aromatic heterocycles. The summed E-state index contributed by atoms with van der Waals surface area (Å²) in [6.07, 6.45) is 0. The van der Waals surface area contributed by atoms with Crippen LogP contribution < -0.4 is 31.1 Å². The van der Waals surface area contributed by atoms with Crippen LogP contribution in [0.5, 0.6) is 0 Å². The first-order valence-electron chi connectivity index (χ1n) is 50.3. The van der Waals surface area contributed by atoms with Crippen LogP contribution in [0.3, 0.4) is 0 Å². The lowest BCUT2D eigenvalue weighted by molar-refractivity contribution is 1.17. The Bertz CT molecular complexity index is 9890. The van der Waals surface area contributed by atoms with Crippen molar-refractivity contribution in [1.29, 1.82) is 0 Å². The Morgan fingerprint density at radius 2 is 0.370 bits per heavy atom. The summed E-state index contributed by atoms with van der Waals surface area (Å²) in [7, 11) is -6.23. The second-order valence-corrected chi connectivity index (χ2v) is 53.2. The molecule has 30 rings (SSSR count). The minimum Gasteiger partial charge on any atom is -0.309 e. The van der Waals surface area contributed by atoms with Crippen LogP contribution in [0.15, 0.2) is 467 Å². The van der Waals surface area contributed by atoms with Gasteiger partial charge in [0.25, 0.3) is 0 Å². The first-order chi connectivity index (χ1) is 71.7. The third kappa shape index (κ3) is 13.4. The summed E-state index contributed by atoms with van der Waals surface area (Å²) in [5.41, 5.74) is 34.2. The molecule has 0 spiro atoms. The average molecular weight is 1920 g/mol. The molecule has 27 aromatic rings. The van der Waals surface area contributed by atoms with Gasteiger partial charge in [-0.3, -0.25) is 0 Å². The Morgan fingerprint density at radius 1 is 0.151 bits per heavy atom. The van der Waals surface area contributed by atoms with Crippen molar-refractivity contribution in [2.75, 3.05) is 0 Å². The van der Waals surface area contributed by atoms with Crippen molar-refractivity contribution < 1.29 is 0 Å². The number of para-hydroxylation sites is 10. The minimum atomic E-state index is -2.15. The van der Waals surface area contributed by atoms with Crippen molar-refractivity contribution in [3.05, 3.63) is 467 Å². The van der Waals surface area contributed by atoms with Crippen molar-refractivity contribution >= 4 is 164 Å². The fourth-order valence-electron chi connectivity index (χ4n) is 24.3. The van der Waals surface area contributed by atoms with Crippen LogP contribution in [0.2, 0.25) is 39.3 Å². The van der Waals surface area contributed by atoms with E-state index in [1.807, 2.05) is 0 Å². The van der Waals surface area contributed by atoms with Crippen molar-refractivity contribution in [3.63, 3.8) is 0 Å². The van der Waals surface area contributed by atoms with Gasteiger partial charge < -0.3 is 22.8 Å². The van der Waals surface area contributed by atoms with E-state index in [9.17, 15) is 0 Å². The Balaban J connectivity index is 0.000000107. The van der Waals surface area contributed by atoms with E-state index in [1.165, 1.54) is 157 Å². The Hall–Kier alpha value is -17.9. The molecule has 0 amide bonds. The summed E-state index contributed by atoms with van der Waals surface area (Å²) in [5.74, 6) is 2.28. The first-order valence-corrected chi connectivity index (χ1v) is 59.3. The zero-order chi connectivity index (χ0) is 97.4. The molecule has 0 saturated heterocycles. The predicted octanol–water partition coefficient (Wildman–Crippen LogP) is 29.3. The predicted molar refractivity (Wildman–Crippen MR) is 617 cm³/mol. The maximum Gasteiger partial charge on any atom is 0.160 e. The highest BCUT2D eigenvalue weighted by molar-refractivity contribution is 7.05. The lowest BCUT2D eigenvalue weighted by Gasteiger charge is -2.22.